The first-order chi connectivity index (χ1) is 12.6. The van der Waals surface area contributed by atoms with Crippen molar-refractivity contribution in [1.82, 2.24) is 8.87 Å². The summed E-state index contributed by atoms with van der Waals surface area (Å²) in [6.45, 7) is 7.26. The molecule has 2 heterocycles. The predicted molar refractivity (Wildman–Crippen MR) is 113 cm³/mol. The number of hydrogen-bond acceptors (Lipinski definition) is 4. The zero-order valence-corrected chi connectivity index (χ0v) is 16.9. The van der Waals surface area contributed by atoms with Gasteiger partial charge < -0.3 is 9.80 Å². The SMILES string of the molecule is CCN1CCN(c2cccc3c2ccn3S(=O)(=O)c2ccccc2)CC1.Cl. The average Bonchev–Trinajstić information content (AvgIpc) is 3.14. The number of anilines is 1. The van der Waals surface area contributed by atoms with Crippen molar-refractivity contribution in [3.63, 3.8) is 0 Å². The van der Waals surface area contributed by atoms with E-state index < -0.39 is 10.0 Å². The maximum Gasteiger partial charge on any atom is 0.268 e. The number of likely N-dealkylation sites (N-methyl/N-ethyl adjacent to an activating group) is 1. The second-order valence-corrected chi connectivity index (χ2v) is 8.38. The molecular formula is C20H24ClN3O2S. The summed E-state index contributed by atoms with van der Waals surface area (Å²) in [7, 11) is -3.59. The Morgan fingerprint density at radius 3 is 2.26 bits per heavy atom. The molecule has 0 N–H and O–H groups in total. The van der Waals surface area contributed by atoms with E-state index in [0.29, 0.717) is 4.90 Å². The fraction of sp³-hybridized carbons (Fsp3) is 0.300. The van der Waals surface area contributed by atoms with E-state index in [2.05, 4.69) is 22.8 Å². The minimum atomic E-state index is -3.59. The monoisotopic (exact) mass is 405 g/mol. The zero-order valence-electron chi connectivity index (χ0n) is 15.3. The van der Waals surface area contributed by atoms with Gasteiger partial charge >= 0.3 is 0 Å². The van der Waals surface area contributed by atoms with Gasteiger partial charge in [-0.25, -0.2) is 12.4 Å². The highest BCUT2D eigenvalue weighted by molar-refractivity contribution is 7.90. The molecule has 1 aliphatic rings. The van der Waals surface area contributed by atoms with Crippen molar-refractivity contribution in [2.24, 2.45) is 0 Å². The lowest BCUT2D eigenvalue weighted by atomic mass is 10.2. The van der Waals surface area contributed by atoms with Crippen LogP contribution < -0.4 is 4.90 Å². The van der Waals surface area contributed by atoms with Gasteiger partial charge in [-0.1, -0.05) is 31.2 Å². The molecule has 0 bridgehead atoms. The van der Waals surface area contributed by atoms with E-state index in [1.165, 1.54) is 3.97 Å². The van der Waals surface area contributed by atoms with E-state index in [9.17, 15) is 8.42 Å². The third kappa shape index (κ3) is 3.57. The third-order valence-corrected chi connectivity index (χ3v) is 6.84. The molecule has 7 heteroatoms. The molecule has 144 valence electrons. The van der Waals surface area contributed by atoms with Crippen LogP contribution in [0.5, 0.6) is 0 Å². The number of rotatable bonds is 4. The van der Waals surface area contributed by atoms with Crippen LogP contribution in [0.25, 0.3) is 10.9 Å². The number of hydrogen-bond donors (Lipinski definition) is 0. The van der Waals surface area contributed by atoms with Crippen molar-refractivity contribution < 1.29 is 8.42 Å². The van der Waals surface area contributed by atoms with Crippen molar-refractivity contribution >= 4 is 39.0 Å². The molecular weight excluding hydrogens is 382 g/mol. The van der Waals surface area contributed by atoms with Crippen molar-refractivity contribution in [1.29, 1.82) is 0 Å². The lowest BCUT2D eigenvalue weighted by Crippen LogP contribution is -2.46. The van der Waals surface area contributed by atoms with Crippen LogP contribution in [0.1, 0.15) is 6.92 Å². The molecule has 3 aromatic rings. The maximum atomic E-state index is 13.0. The fourth-order valence-electron chi connectivity index (χ4n) is 3.62. The number of piperazine rings is 1. The van der Waals surface area contributed by atoms with E-state index in [4.69, 9.17) is 0 Å². The summed E-state index contributed by atoms with van der Waals surface area (Å²) in [4.78, 5) is 5.09. The summed E-state index contributed by atoms with van der Waals surface area (Å²) in [5.41, 5.74) is 1.84. The minimum absolute atomic E-state index is 0. The summed E-state index contributed by atoms with van der Waals surface area (Å²) in [5, 5.41) is 0.983. The molecule has 0 spiro atoms. The second-order valence-electron chi connectivity index (χ2n) is 6.56. The van der Waals surface area contributed by atoms with Gasteiger partial charge in [0.25, 0.3) is 10.0 Å². The molecule has 1 aromatic heterocycles. The molecule has 27 heavy (non-hydrogen) atoms. The van der Waals surface area contributed by atoms with E-state index in [1.54, 1.807) is 30.5 Å². The number of fused-ring (bicyclic) bond motifs is 1. The highest BCUT2D eigenvalue weighted by Crippen LogP contribution is 2.30. The van der Waals surface area contributed by atoms with Gasteiger partial charge in [0.15, 0.2) is 0 Å². The summed E-state index contributed by atoms with van der Waals surface area (Å²) in [6, 6.07) is 16.4. The molecule has 0 radical (unpaired) electrons. The van der Waals surface area contributed by atoms with Crippen LogP contribution in [-0.4, -0.2) is 50.0 Å². The lowest BCUT2D eigenvalue weighted by molar-refractivity contribution is 0.271. The first-order valence-corrected chi connectivity index (χ1v) is 10.4. The van der Waals surface area contributed by atoms with Gasteiger partial charge in [-0.3, -0.25) is 0 Å². The van der Waals surface area contributed by atoms with Crippen LogP contribution in [0.4, 0.5) is 5.69 Å². The Labute approximate surface area is 166 Å². The quantitative estimate of drug-likeness (QED) is 0.667. The molecule has 0 aliphatic carbocycles. The Hall–Kier alpha value is -2.02. The zero-order chi connectivity index (χ0) is 18.1. The van der Waals surface area contributed by atoms with Gasteiger partial charge in [-0.15, -0.1) is 12.4 Å². The van der Waals surface area contributed by atoms with Crippen LogP contribution in [0, 0.1) is 0 Å². The van der Waals surface area contributed by atoms with Gasteiger partial charge in [0.1, 0.15) is 0 Å². The van der Waals surface area contributed by atoms with E-state index in [1.807, 2.05) is 24.3 Å². The Morgan fingerprint density at radius 2 is 1.59 bits per heavy atom. The van der Waals surface area contributed by atoms with Gasteiger partial charge in [-0.05, 0) is 36.9 Å². The Kier molecular flexibility index (Phi) is 5.79. The summed E-state index contributed by atoms with van der Waals surface area (Å²) < 4.78 is 27.4. The van der Waals surface area contributed by atoms with Crippen LogP contribution in [0.3, 0.4) is 0 Å². The molecule has 2 aromatic carbocycles. The van der Waals surface area contributed by atoms with Gasteiger partial charge in [0.05, 0.1) is 10.4 Å². The van der Waals surface area contributed by atoms with Gasteiger partial charge in [0, 0.05) is 43.4 Å². The summed E-state index contributed by atoms with van der Waals surface area (Å²) in [6.07, 6.45) is 1.67. The van der Waals surface area contributed by atoms with E-state index in [0.717, 1.165) is 49.3 Å². The highest BCUT2D eigenvalue weighted by atomic mass is 35.5. The Morgan fingerprint density at radius 1 is 0.889 bits per heavy atom. The molecule has 0 atom stereocenters. The van der Waals surface area contributed by atoms with E-state index >= 15 is 0 Å². The number of benzene rings is 2. The maximum absolute atomic E-state index is 13.0. The third-order valence-electron chi connectivity index (χ3n) is 5.13. The topological polar surface area (TPSA) is 45.5 Å². The minimum Gasteiger partial charge on any atom is -0.368 e. The first kappa shape index (κ1) is 19.7. The number of aromatic nitrogens is 1. The first-order valence-electron chi connectivity index (χ1n) is 8.99. The molecule has 1 aliphatic heterocycles. The summed E-state index contributed by atoms with van der Waals surface area (Å²) >= 11 is 0. The van der Waals surface area contributed by atoms with Crippen molar-refractivity contribution in [2.75, 3.05) is 37.6 Å². The molecule has 1 saturated heterocycles. The van der Waals surface area contributed by atoms with Gasteiger partial charge in [0.2, 0.25) is 0 Å². The van der Waals surface area contributed by atoms with Crippen molar-refractivity contribution in [2.45, 2.75) is 11.8 Å². The molecule has 1 fully saturated rings. The van der Waals surface area contributed by atoms with Crippen LogP contribution in [-0.2, 0) is 10.0 Å². The largest absolute Gasteiger partial charge is 0.368 e. The second kappa shape index (κ2) is 7.92. The van der Waals surface area contributed by atoms with Crippen LogP contribution in [0.15, 0.2) is 65.7 Å². The summed E-state index contributed by atoms with van der Waals surface area (Å²) in [5.74, 6) is 0. The molecule has 0 saturated carbocycles. The highest BCUT2D eigenvalue weighted by Gasteiger charge is 2.22. The van der Waals surface area contributed by atoms with Crippen molar-refractivity contribution in [3.8, 4) is 0 Å². The Balaban J connectivity index is 0.00000210. The Bertz CT molecular complexity index is 1010. The molecule has 0 unspecified atom stereocenters. The standard InChI is InChI=1S/C20H23N3O2S.ClH/c1-2-21-13-15-22(16-14-21)19-9-6-10-20-18(19)11-12-23(20)26(24,25)17-7-4-3-5-8-17;/h3-12H,2,13-16H2,1H3;1H. The average molecular weight is 406 g/mol. The number of halogens is 1. The fourth-order valence-corrected chi connectivity index (χ4v) is 4.99. The molecule has 4 rings (SSSR count). The number of nitrogens with zero attached hydrogens (tertiary/aromatic N) is 3. The van der Waals surface area contributed by atoms with Crippen LogP contribution in [0.2, 0.25) is 0 Å². The molecule has 0 amide bonds. The van der Waals surface area contributed by atoms with Crippen molar-refractivity contribution in [3.05, 3.63) is 60.8 Å². The smallest absolute Gasteiger partial charge is 0.268 e. The normalized spacial score (nSPS) is 15.7. The molecule has 5 nitrogen and oxygen atoms in total. The van der Waals surface area contributed by atoms with Crippen LogP contribution >= 0.6 is 12.4 Å². The van der Waals surface area contributed by atoms with Gasteiger partial charge in [-0.2, -0.15) is 0 Å². The van der Waals surface area contributed by atoms with E-state index in [-0.39, 0.29) is 12.4 Å². The lowest BCUT2D eigenvalue weighted by Gasteiger charge is -2.35. The predicted octanol–water partition coefficient (Wildman–Crippen LogP) is 3.44.